The fraction of sp³-hybridized carbons (Fsp3) is 0.538. The lowest BCUT2D eigenvalue weighted by Crippen LogP contribution is -2.05. The average Bonchev–Trinajstić information content (AvgIpc) is 2.32. The lowest BCUT2D eigenvalue weighted by atomic mass is 10.2. The van der Waals surface area contributed by atoms with E-state index < -0.39 is 0 Å². The van der Waals surface area contributed by atoms with Crippen molar-refractivity contribution < 1.29 is 14.2 Å². The standard InChI is InChI=1S/C13H20FNO2/c1-2-17-13-10-11(14)6-7-12(13)15-8-4-3-5-9-16/h6-7,10,15-16H,2-5,8-9H2,1H3. The van der Waals surface area contributed by atoms with Crippen LogP contribution >= 0.6 is 0 Å². The van der Waals surface area contributed by atoms with Crippen LogP contribution < -0.4 is 10.1 Å². The SMILES string of the molecule is CCOc1cc(F)ccc1NCCCCCO. The minimum atomic E-state index is -0.292. The number of halogens is 1. The van der Waals surface area contributed by atoms with Crippen LogP contribution in [0.2, 0.25) is 0 Å². The minimum absolute atomic E-state index is 0.237. The van der Waals surface area contributed by atoms with Gasteiger partial charge >= 0.3 is 0 Å². The Hall–Kier alpha value is -1.29. The molecule has 0 saturated carbocycles. The largest absolute Gasteiger partial charge is 0.492 e. The lowest BCUT2D eigenvalue weighted by molar-refractivity contribution is 0.283. The molecule has 0 atom stereocenters. The molecule has 0 fully saturated rings. The van der Waals surface area contributed by atoms with Crippen molar-refractivity contribution in [2.24, 2.45) is 0 Å². The quantitative estimate of drug-likeness (QED) is 0.688. The zero-order valence-electron chi connectivity index (χ0n) is 10.2. The van der Waals surface area contributed by atoms with Gasteiger partial charge in [-0.25, -0.2) is 4.39 Å². The second kappa shape index (κ2) is 7.90. The number of hydrogen-bond acceptors (Lipinski definition) is 3. The average molecular weight is 241 g/mol. The summed E-state index contributed by atoms with van der Waals surface area (Å²) in [6.07, 6.45) is 2.78. The second-order valence-electron chi connectivity index (χ2n) is 3.78. The molecule has 0 aliphatic carbocycles. The number of rotatable bonds is 8. The molecule has 3 nitrogen and oxygen atoms in total. The molecule has 17 heavy (non-hydrogen) atoms. The number of nitrogens with one attached hydrogen (secondary N) is 1. The molecule has 0 unspecified atom stereocenters. The fourth-order valence-electron chi connectivity index (χ4n) is 1.55. The van der Waals surface area contributed by atoms with Crippen molar-refractivity contribution in [3.05, 3.63) is 24.0 Å². The van der Waals surface area contributed by atoms with E-state index in [-0.39, 0.29) is 12.4 Å². The van der Waals surface area contributed by atoms with Gasteiger partial charge in [0.1, 0.15) is 11.6 Å². The first-order chi connectivity index (χ1) is 8.27. The molecule has 0 aliphatic heterocycles. The fourth-order valence-corrected chi connectivity index (χ4v) is 1.55. The van der Waals surface area contributed by atoms with E-state index in [9.17, 15) is 4.39 Å². The molecule has 0 bridgehead atoms. The Bertz CT molecular complexity index is 331. The molecule has 1 aromatic carbocycles. The van der Waals surface area contributed by atoms with E-state index in [0.29, 0.717) is 12.4 Å². The third-order valence-corrected chi connectivity index (χ3v) is 2.39. The van der Waals surface area contributed by atoms with Crippen molar-refractivity contribution in [1.29, 1.82) is 0 Å². The van der Waals surface area contributed by atoms with E-state index in [1.165, 1.54) is 12.1 Å². The van der Waals surface area contributed by atoms with E-state index in [1.807, 2.05) is 6.92 Å². The summed E-state index contributed by atoms with van der Waals surface area (Å²) in [5.41, 5.74) is 0.817. The molecular formula is C13H20FNO2. The van der Waals surface area contributed by atoms with Crippen LogP contribution in [0.5, 0.6) is 5.75 Å². The lowest BCUT2D eigenvalue weighted by Gasteiger charge is -2.12. The van der Waals surface area contributed by atoms with Crippen LogP contribution in [0.3, 0.4) is 0 Å². The number of aliphatic hydroxyl groups excluding tert-OH is 1. The first-order valence-corrected chi connectivity index (χ1v) is 6.05. The topological polar surface area (TPSA) is 41.5 Å². The number of benzene rings is 1. The van der Waals surface area contributed by atoms with Crippen LogP contribution in [0.15, 0.2) is 18.2 Å². The number of unbranched alkanes of at least 4 members (excludes halogenated alkanes) is 2. The summed E-state index contributed by atoms with van der Waals surface area (Å²) in [6.45, 7) is 3.42. The Morgan fingerprint density at radius 3 is 2.82 bits per heavy atom. The Kier molecular flexibility index (Phi) is 6.40. The third kappa shape index (κ3) is 5.04. The summed E-state index contributed by atoms with van der Waals surface area (Å²) in [7, 11) is 0. The summed E-state index contributed by atoms with van der Waals surface area (Å²) in [5, 5.41) is 11.9. The predicted octanol–water partition coefficient (Wildman–Crippen LogP) is 2.80. The molecule has 1 aromatic rings. The van der Waals surface area contributed by atoms with Gasteiger partial charge in [-0.2, -0.15) is 0 Å². The van der Waals surface area contributed by atoms with Crippen LogP contribution in [-0.2, 0) is 0 Å². The molecule has 0 amide bonds. The maximum atomic E-state index is 13.0. The van der Waals surface area contributed by atoms with Crippen LogP contribution in [0.1, 0.15) is 26.2 Å². The van der Waals surface area contributed by atoms with Crippen molar-refractivity contribution in [2.45, 2.75) is 26.2 Å². The van der Waals surface area contributed by atoms with E-state index >= 15 is 0 Å². The van der Waals surface area contributed by atoms with Gasteiger partial charge in [-0.15, -0.1) is 0 Å². The normalized spacial score (nSPS) is 10.3. The molecule has 4 heteroatoms. The zero-order valence-corrected chi connectivity index (χ0v) is 10.2. The van der Waals surface area contributed by atoms with Gasteiger partial charge in [-0.1, -0.05) is 0 Å². The van der Waals surface area contributed by atoms with Gasteiger partial charge in [-0.3, -0.25) is 0 Å². The van der Waals surface area contributed by atoms with Gasteiger partial charge in [0.15, 0.2) is 0 Å². The Morgan fingerprint density at radius 1 is 1.29 bits per heavy atom. The summed E-state index contributed by atoms with van der Waals surface area (Å²) < 4.78 is 18.4. The summed E-state index contributed by atoms with van der Waals surface area (Å²) >= 11 is 0. The number of aliphatic hydroxyl groups is 1. The molecule has 0 radical (unpaired) electrons. The first kappa shape index (κ1) is 13.8. The van der Waals surface area contributed by atoms with Crippen LogP contribution in [0.25, 0.3) is 0 Å². The third-order valence-electron chi connectivity index (χ3n) is 2.39. The van der Waals surface area contributed by atoms with Crippen LogP contribution in [0.4, 0.5) is 10.1 Å². The first-order valence-electron chi connectivity index (χ1n) is 6.05. The summed E-state index contributed by atoms with van der Waals surface area (Å²) in [4.78, 5) is 0. The smallest absolute Gasteiger partial charge is 0.145 e. The molecule has 1 rings (SSSR count). The number of ether oxygens (including phenoxy) is 1. The van der Waals surface area contributed by atoms with E-state index in [2.05, 4.69) is 5.32 Å². The summed E-state index contributed by atoms with van der Waals surface area (Å²) in [6, 6.07) is 4.49. The van der Waals surface area contributed by atoms with Gasteiger partial charge in [0.2, 0.25) is 0 Å². The Morgan fingerprint density at radius 2 is 2.12 bits per heavy atom. The highest BCUT2D eigenvalue weighted by atomic mass is 19.1. The highest BCUT2D eigenvalue weighted by Gasteiger charge is 2.04. The van der Waals surface area contributed by atoms with Crippen molar-refractivity contribution in [3.63, 3.8) is 0 Å². The number of anilines is 1. The maximum absolute atomic E-state index is 13.0. The molecule has 0 spiro atoms. The van der Waals surface area contributed by atoms with Gasteiger partial charge in [0.05, 0.1) is 12.3 Å². The minimum Gasteiger partial charge on any atom is -0.492 e. The predicted molar refractivity (Wildman–Crippen MR) is 67.0 cm³/mol. The number of hydrogen-bond donors (Lipinski definition) is 2. The van der Waals surface area contributed by atoms with E-state index in [1.54, 1.807) is 6.07 Å². The van der Waals surface area contributed by atoms with Gasteiger partial charge in [0, 0.05) is 19.2 Å². The Labute approximate surface area is 102 Å². The van der Waals surface area contributed by atoms with Gasteiger partial charge in [0.25, 0.3) is 0 Å². The summed E-state index contributed by atoms with van der Waals surface area (Å²) in [5.74, 6) is 0.258. The highest BCUT2D eigenvalue weighted by molar-refractivity contribution is 5.56. The highest BCUT2D eigenvalue weighted by Crippen LogP contribution is 2.25. The maximum Gasteiger partial charge on any atom is 0.145 e. The molecule has 2 N–H and O–H groups in total. The van der Waals surface area contributed by atoms with Crippen molar-refractivity contribution in [1.82, 2.24) is 0 Å². The van der Waals surface area contributed by atoms with Crippen molar-refractivity contribution >= 4 is 5.69 Å². The second-order valence-corrected chi connectivity index (χ2v) is 3.78. The van der Waals surface area contributed by atoms with E-state index in [4.69, 9.17) is 9.84 Å². The molecule has 0 heterocycles. The molecule has 0 aromatic heterocycles. The monoisotopic (exact) mass is 241 g/mol. The van der Waals surface area contributed by atoms with Gasteiger partial charge in [-0.05, 0) is 38.3 Å². The molecule has 0 saturated heterocycles. The van der Waals surface area contributed by atoms with Crippen molar-refractivity contribution in [2.75, 3.05) is 25.1 Å². The van der Waals surface area contributed by atoms with Crippen molar-refractivity contribution in [3.8, 4) is 5.75 Å². The zero-order chi connectivity index (χ0) is 12.5. The van der Waals surface area contributed by atoms with Crippen LogP contribution in [0, 0.1) is 5.82 Å². The van der Waals surface area contributed by atoms with E-state index in [0.717, 1.165) is 31.5 Å². The molecule has 96 valence electrons. The molecular weight excluding hydrogens is 221 g/mol. The van der Waals surface area contributed by atoms with Gasteiger partial charge < -0.3 is 15.2 Å². The Balaban J connectivity index is 2.45. The molecule has 0 aliphatic rings. The van der Waals surface area contributed by atoms with Crippen LogP contribution in [-0.4, -0.2) is 24.9 Å².